The zero-order chi connectivity index (χ0) is 15.7. The summed E-state index contributed by atoms with van der Waals surface area (Å²) in [6.45, 7) is 4.44. The van der Waals surface area contributed by atoms with Crippen LogP contribution in [0.1, 0.15) is 58.8 Å². The second kappa shape index (κ2) is 4.46. The van der Waals surface area contributed by atoms with E-state index in [0.29, 0.717) is 35.9 Å². The minimum Gasteiger partial charge on any atom is -0.505 e. The van der Waals surface area contributed by atoms with Crippen LogP contribution in [0.3, 0.4) is 0 Å². The number of hydrogen-bond donors (Lipinski definition) is 1. The predicted molar refractivity (Wildman–Crippen MR) is 83.2 cm³/mol. The molecule has 4 aliphatic carbocycles. The number of aliphatic hydroxyl groups excluding tert-OH is 1. The molecule has 0 aromatic heterocycles. The molecule has 0 aliphatic heterocycles. The SMILES string of the molecule is C[C@]12C=C(O)C(=O)CC1CC[C@@H]1[C@@H]2CC[C@]2(C)C(=O)CC[C@@H]12. The molecular weight excluding hydrogens is 276 g/mol. The monoisotopic (exact) mass is 302 g/mol. The summed E-state index contributed by atoms with van der Waals surface area (Å²) < 4.78 is 0. The Balaban J connectivity index is 1.72. The van der Waals surface area contributed by atoms with Crippen molar-refractivity contribution in [2.75, 3.05) is 0 Å². The van der Waals surface area contributed by atoms with Gasteiger partial charge >= 0.3 is 0 Å². The van der Waals surface area contributed by atoms with Gasteiger partial charge < -0.3 is 5.11 Å². The number of carbonyl (C=O) groups is 2. The molecule has 3 nitrogen and oxygen atoms in total. The maximum absolute atomic E-state index is 12.4. The molecular formula is C19H26O3. The van der Waals surface area contributed by atoms with Crippen LogP contribution in [-0.4, -0.2) is 16.7 Å². The highest BCUT2D eigenvalue weighted by Crippen LogP contribution is 2.64. The molecule has 1 N–H and O–H groups in total. The smallest absolute Gasteiger partial charge is 0.197 e. The molecule has 4 aliphatic rings. The fraction of sp³-hybridized carbons (Fsp3) is 0.789. The molecule has 120 valence electrons. The van der Waals surface area contributed by atoms with Gasteiger partial charge in [0.25, 0.3) is 0 Å². The number of hydrogen-bond acceptors (Lipinski definition) is 3. The molecule has 0 aromatic rings. The molecule has 6 atom stereocenters. The third-order valence-corrected chi connectivity index (χ3v) is 7.84. The highest BCUT2D eigenvalue weighted by molar-refractivity contribution is 5.94. The minimum absolute atomic E-state index is 0.0183. The van der Waals surface area contributed by atoms with Gasteiger partial charge in [-0.3, -0.25) is 9.59 Å². The number of Topliss-reactive ketones (excluding diaryl/α,β-unsaturated/α-hetero) is 2. The molecule has 0 bridgehead atoms. The Morgan fingerprint density at radius 2 is 1.86 bits per heavy atom. The fourth-order valence-corrected chi connectivity index (χ4v) is 6.49. The van der Waals surface area contributed by atoms with Gasteiger partial charge in [0.2, 0.25) is 0 Å². The molecule has 3 saturated carbocycles. The van der Waals surface area contributed by atoms with E-state index in [1.54, 1.807) is 0 Å². The molecule has 0 radical (unpaired) electrons. The normalized spacial score (nSPS) is 50.9. The van der Waals surface area contributed by atoms with E-state index in [2.05, 4.69) is 13.8 Å². The zero-order valence-corrected chi connectivity index (χ0v) is 13.6. The zero-order valence-electron chi connectivity index (χ0n) is 13.6. The molecule has 0 amide bonds. The lowest BCUT2D eigenvalue weighted by atomic mass is 9.46. The summed E-state index contributed by atoms with van der Waals surface area (Å²) in [6, 6.07) is 0. The summed E-state index contributed by atoms with van der Waals surface area (Å²) in [5, 5.41) is 10.0. The summed E-state index contributed by atoms with van der Waals surface area (Å²) >= 11 is 0. The van der Waals surface area contributed by atoms with E-state index < -0.39 is 0 Å². The first kappa shape index (κ1) is 14.5. The number of aliphatic hydroxyl groups is 1. The van der Waals surface area contributed by atoms with Gasteiger partial charge in [0.05, 0.1) is 0 Å². The minimum atomic E-state index is -0.0966. The molecule has 3 fully saturated rings. The van der Waals surface area contributed by atoms with E-state index in [-0.39, 0.29) is 22.4 Å². The Labute approximate surface area is 132 Å². The van der Waals surface area contributed by atoms with Crippen molar-refractivity contribution in [1.82, 2.24) is 0 Å². The maximum atomic E-state index is 12.4. The molecule has 3 heteroatoms. The van der Waals surface area contributed by atoms with E-state index in [4.69, 9.17) is 0 Å². The second-order valence-electron chi connectivity index (χ2n) is 8.59. The van der Waals surface area contributed by atoms with Crippen LogP contribution in [0.15, 0.2) is 11.8 Å². The molecule has 0 spiro atoms. The number of carbonyl (C=O) groups excluding carboxylic acids is 2. The lowest BCUT2D eigenvalue weighted by Gasteiger charge is -2.57. The van der Waals surface area contributed by atoms with Crippen molar-refractivity contribution in [3.05, 3.63) is 11.8 Å². The van der Waals surface area contributed by atoms with Crippen molar-refractivity contribution in [3.63, 3.8) is 0 Å². The average molecular weight is 302 g/mol. The van der Waals surface area contributed by atoms with Gasteiger partial charge in [0, 0.05) is 18.3 Å². The van der Waals surface area contributed by atoms with Gasteiger partial charge in [-0.25, -0.2) is 0 Å². The fourth-order valence-electron chi connectivity index (χ4n) is 6.49. The summed E-state index contributed by atoms with van der Waals surface area (Å²) in [5.74, 6) is 2.37. The average Bonchev–Trinajstić information content (AvgIpc) is 2.77. The Kier molecular flexibility index (Phi) is 2.93. The first-order valence-electron chi connectivity index (χ1n) is 8.84. The summed E-state index contributed by atoms with van der Waals surface area (Å²) in [5.41, 5.74) is -0.158. The number of rotatable bonds is 0. The van der Waals surface area contributed by atoms with Crippen molar-refractivity contribution in [2.45, 2.75) is 58.8 Å². The van der Waals surface area contributed by atoms with Crippen molar-refractivity contribution in [1.29, 1.82) is 0 Å². The van der Waals surface area contributed by atoms with Crippen molar-refractivity contribution < 1.29 is 14.7 Å². The summed E-state index contributed by atoms with van der Waals surface area (Å²) in [6.07, 6.45) is 8.45. The summed E-state index contributed by atoms with van der Waals surface area (Å²) in [4.78, 5) is 24.2. The van der Waals surface area contributed by atoms with Crippen molar-refractivity contribution in [2.24, 2.45) is 34.5 Å². The van der Waals surface area contributed by atoms with Gasteiger partial charge in [-0.2, -0.15) is 0 Å². The van der Waals surface area contributed by atoms with Crippen LogP contribution >= 0.6 is 0 Å². The van der Waals surface area contributed by atoms with E-state index in [1.807, 2.05) is 6.08 Å². The lowest BCUT2D eigenvalue weighted by Crippen LogP contribution is -2.52. The van der Waals surface area contributed by atoms with E-state index in [9.17, 15) is 14.7 Å². The van der Waals surface area contributed by atoms with Crippen molar-refractivity contribution >= 4 is 11.6 Å². The van der Waals surface area contributed by atoms with Crippen LogP contribution in [0.25, 0.3) is 0 Å². The van der Waals surface area contributed by atoms with Gasteiger partial charge in [-0.05, 0) is 67.3 Å². The van der Waals surface area contributed by atoms with Crippen molar-refractivity contribution in [3.8, 4) is 0 Å². The molecule has 22 heavy (non-hydrogen) atoms. The predicted octanol–water partition coefficient (Wildman–Crippen LogP) is 3.83. The van der Waals surface area contributed by atoms with Gasteiger partial charge in [-0.15, -0.1) is 0 Å². The summed E-state index contributed by atoms with van der Waals surface area (Å²) in [7, 11) is 0. The molecule has 0 saturated heterocycles. The van der Waals surface area contributed by atoms with Crippen LogP contribution < -0.4 is 0 Å². The first-order chi connectivity index (χ1) is 10.4. The Hall–Kier alpha value is -1.12. The Morgan fingerprint density at radius 1 is 1.09 bits per heavy atom. The van der Waals surface area contributed by atoms with Crippen LogP contribution in [0, 0.1) is 34.5 Å². The van der Waals surface area contributed by atoms with Crippen LogP contribution in [0.5, 0.6) is 0 Å². The standard InChI is InChI=1S/C19H26O3/c1-18-8-7-14-12(13(18)5-6-17(18)22)4-3-11-9-15(20)16(21)10-19(11,14)2/h10-14,21H,3-9H2,1-2H3/t11?,12-,13-,14-,18-,19-/m0/s1. The van der Waals surface area contributed by atoms with E-state index >= 15 is 0 Å². The Morgan fingerprint density at radius 3 is 2.64 bits per heavy atom. The highest BCUT2D eigenvalue weighted by Gasteiger charge is 2.60. The molecule has 0 aromatic carbocycles. The van der Waals surface area contributed by atoms with E-state index in [0.717, 1.165) is 38.5 Å². The number of fused-ring (bicyclic) bond motifs is 5. The van der Waals surface area contributed by atoms with Gasteiger partial charge in [0.1, 0.15) is 5.78 Å². The molecule has 0 heterocycles. The van der Waals surface area contributed by atoms with Crippen LogP contribution in [-0.2, 0) is 9.59 Å². The quantitative estimate of drug-likeness (QED) is 0.740. The second-order valence-corrected chi connectivity index (χ2v) is 8.59. The first-order valence-corrected chi connectivity index (χ1v) is 8.84. The molecule has 4 rings (SSSR count). The lowest BCUT2D eigenvalue weighted by molar-refractivity contribution is -0.136. The third kappa shape index (κ3) is 1.68. The maximum Gasteiger partial charge on any atom is 0.197 e. The van der Waals surface area contributed by atoms with E-state index in [1.165, 1.54) is 0 Å². The number of ketones is 2. The topological polar surface area (TPSA) is 54.4 Å². The molecule has 1 unspecified atom stereocenters. The Bertz CT molecular complexity index is 577. The van der Waals surface area contributed by atoms with Crippen LogP contribution in [0.2, 0.25) is 0 Å². The van der Waals surface area contributed by atoms with Crippen LogP contribution in [0.4, 0.5) is 0 Å². The number of allylic oxidation sites excluding steroid dienone is 2. The van der Waals surface area contributed by atoms with Gasteiger partial charge in [-0.1, -0.05) is 13.8 Å². The largest absolute Gasteiger partial charge is 0.505 e. The third-order valence-electron chi connectivity index (χ3n) is 7.84. The van der Waals surface area contributed by atoms with Gasteiger partial charge in [0.15, 0.2) is 11.5 Å². The highest BCUT2D eigenvalue weighted by atomic mass is 16.3.